The van der Waals surface area contributed by atoms with Crippen molar-refractivity contribution in [1.82, 2.24) is 4.98 Å². The first kappa shape index (κ1) is 14.9. The van der Waals surface area contributed by atoms with Gasteiger partial charge in [-0.2, -0.15) is 0 Å². The van der Waals surface area contributed by atoms with Crippen molar-refractivity contribution in [3.05, 3.63) is 78.5 Å². The zero-order valence-electron chi connectivity index (χ0n) is 14.7. The summed E-state index contributed by atoms with van der Waals surface area (Å²) in [5, 5.41) is 4.79. The van der Waals surface area contributed by atoms with Crippen LogP contribution in [0.25, 0.3) is 53.4 Å². The average Bonchev–Trinajstić information content (AvgIpc) is 3.26. The number of furan rings is 1. The molecule has 0 saturated carbocycles. The second-order valence-electron chi connectivity index (χ2n) is 6.90. The summed E-state index contributed by atoms with van der Waals surface area (Å²) in [6.07, 6.45) is 2.00. The fourth-order valence-corrected chi connectivity index (χ4v) is 5.11. The SMILES string of the molecule is Cc1cccc2c1sc1cc(-c3cccc4c3oc3ccccc34)ncc12. The number of thiophene rings is 1. The van der Waals surface area contributed by atoms with Gasteiger partial charge in [-0.1, -0.05) is 48.5 Å². The molecule has 0 aliphatic rings. The zero-order valence-corrected chi connectivity index (χ0v) is 15.5. The van der Waals surface area contributed by atoms with Crippen LogP contribution in [0.2, 0.25) is 0 Å². The summed E-state index contributed by atoms with van der Waals surface area (Å²) in [4.78, 5) is 4.80. The highest BCUT2D eigenvalue weighted by atomic mass is 32.1. The van der Waals surface area contributed by atoms with Crippen molar-refractivity contribution < 1.29 is 4.42 Å². The number of hydrogen-bond acceptors (Lipinski definition) is 3. The molecule has 2 nitrogen and oxygen atoms in total. The fourth-order valence-electron chi connectivity index (χ4n) is 3.93. The second-order valence-corrected chi connectivity index (χ2v) is 7.95. The van der Waals surface area contributed by atoms with E-state index in [1.165, 1.54) is 25.7 Å². The van der Waals surface area contributed by atoms with Crippen LogP contribution >= 0.6 is 11.3 Å². The van der Waals surface area contributed by atoms with Crippen LogP contribution in [0.1, 0.15) is 5.56 Å². The molecular formula is C24H15NOS. The van der Waals surface area contributed by atoms with Crippen LogP contribution in [0.4, 0.5) is 0 Å². The summed E-state index contributed by atoms with van der Waals surface area (Å²) in [5.41, 5.74) is 5.13. The van der Waals surface area contributed by atoms with Gasteiger partial charge in [-0.25, -0.2) is 0 Å². The number of rotatable bonds is 1. The quantitative estimate of drug-likeness (QED) is 0.305. The van der Waals surface area contributed by atoms with Crippen LogP contribution in [-0.2, 0) is 0 Å². The first-order valence-electron chi connectivity index (χ1n) is 8.98. The van der Waals surface area contributed by atoms with Crippen molar-refractivity contribution in [3.8, 4) is 11.3 Å². The lowest BCUT2D eigenvalue weighted by Gasteiger charge is -2.02. The van der Waals surface area contributed by atoms with E-state index in [-0.39, 0.29) is 0 Å². The molecule has 3 aromatic carbocycles. The monoisotopic (exact) mass is 365 g/mol. The highest BCUT2D eigenvalue weighted by molar-refractivity contribution is 7.26. The standard InChI is InChI=1S/C24H15NOS/c1-14-6-4-9-17-19-13-25-20(12-22(19)27-24(14)17)18-10-5-8-16-15-7-2-3-11-21(15)26-23(16)18/h2-13H,1H3. The summed E-state index contributed by atoms with van der Waals surface area (Å²) >= 11 is 1.84. The number of hydrogen-bond donors (Lipinski definition) is 0. The molecule has 0 N–H and O–H groups in total. The molecule has 0 unspecified atom stereocenters. The predicted molar refractivity (Wildman–Crippen MR) is 115 cm³/mol. The number of aromatic nitrogens is 1. The van der Waals surface area contributed by atoms with Gasteiger partial charge in [0.15, 0.2) is 0 Å². The summed E-state index contributed by atoms with van der Waals surface area (Å²) in [7, 11) is 0. The third-order valence-corrected chi connectivity index (χ3v) is 6.56. The van der Waals surface area contributed by atoms with Gasteiger partial charge in [-0.05, 0) is 30.7 Å². The molecule has 0 spiro atoms. The molecule has 0 aliphatic heterocycles. The molecule has 128 valence electrons. The Morgan fingerprint density at radius 1 is 0.815 bits per heavy atom. The lowest BCUT2D eigenvalue weighted by Crippen LogP contribution is -1.83. The molecule has 3 heteroatoms. The molecule has 0 saturated heterocycles. The van der Waals surface area contributed by atoms with Gasteiger partial charge in [0.2, 0.25) is 0 Å². The molecule has 0 amide bonds. The largest absolute Gasteiger partial charge is 0.455 e. The summed E-state index contributed by atoms with van der Waals surface area (Å²) in [5.74, 6) is 0. The molecule has 0 aliphatic carbocycles. The average molecular weight is 365 g/mol. The Morgan fingerprint density at radius 3 is 2.59 bits per heavy atom. The van der Waals surface area contributed by atoms with Crippen LogP contribution in [0.5, 0.6) is 0 Å². The Morgan fingerprint density at radius 2 is 1.63 bits per heavy atom. The lowest BCUT2D eigenvalue weighted by molar-refractivity contribution is 0.670. The minimum atomic E-state index is 0.905. The Balaban J connectivity index is 1.65. The van der Waals surface area contributed by atoms with E-state index in [0.717, 1.165) is 33.2 Å². The first-order valence-corrected chi connectivity index (χ1v) is 9.80. The molecule has 27 heavy (non-hydrogen) atoms. The van der Waals surface area contributed by atoms with E-state index < -0.39 is 0 Å². The van der Waals surface area contributed by atoms with E-state index in [2.05, 4.69) is 55.5 Å². The molecule has 0 atom stereocenters. The maximum Gasteiger partial charge on any atom is 0.144 e. The van der Waals surface area contributed by atoms with Gasteiger partial charge in [0.25, 0.3) is 0 Å². The summed E-state index contributed by atoms with van der Waals surface area (Å²) in [6, 6.07) is 23.1. The molecular weight excluding hydrogens is 350 g/mol. The highest BCUT2D eigenvalue weighted by Crippen LogP contribution is 2.39. The minimum Gasteiger partial charge on any atom is -0.455 e. The van der Waals surface area contributed by atoms with E-state index in [4.69, 9.17) is 9.40 Å². The normalized spacial score (nSPS) is 11.9. The maximum atomic E-state index is 6.19. The Hall–Kier alpha value is -3.17. The van der Waals surface area contributed by atoms with Gasteiger partial charge in [-0.15, -0.1) is 11.3 Å². The number of fused-ring (bicyclic) bond motifs is 6. The Labute approximate surface area is 159 Å². The van der Waals surface area contributed by atoms with E-state index in [9.17, 15) is 0 Å². The third-order valence-electron chi connectivity index (χ3n) is 5.26. The third kappa shape index (κ3) is 2.09. The van der Waals surface area contributed by atoms with Crippen LogP contribution in [0, 0.1) is 6.92 Å². The topological polar surface area (TPSA) is 26.0 Å². The summed E-state index contributed by atoms with van der Waals surface area (Å²) in [6.45, 7) is 2.17. The zero-order chi connectivity index (χ0) is 18.0. The van der Waals surface area contributed by atoms with Gasteiger partial charge < -0.3 is 4.42 Å². The van der Waals surface area contributed by atoms with Crippen LogP contribution in [-0.4, -0.2) is 4.98 Å². The molecule has 0 bridgehead atoms. The molecule has 3 aromatic heterocycles. The Kier molecular flexibility index (Phi) is 3.00. The van der Waals surface area contributed by atoms with Crippen LogP contribution in [0.15, 0.2) is 77.3 Å². The maximum absolute atomic E-state index is 6.19. The molecule has 6 aromatic rings. The second kappa shape index (κ2) is 5.41. The highest BCUT2D eigenvalue weighted by Gasteiger charge is 2.14. The van der Waals surface area contributed by atoms with Gasteiger partial charge >= 0.3 is 0 Å². The number of para-hydroxylation sites is 2. The van der Waals surface area contributed by atoms with Crippen molar-refractivity contribution in [2.24, 2.45) is 0 Å². The van der Waals surface area contributed by atoms with Gasteiger partial charge in [0.05, 0.1) is 5.69 Å². The van der Waals surface area contributed by atoms with Crippen LogP contribution < -0.4 is 0 Å². The van der Waals surface area contributed by atoms with Gasteiger partial charge in [0, 0.05) is 42.7 Å². The van der Waals surface area contributed by atoms with Crippen molar-refractivity contribution in [3.63, 3.8) is 0 Å². The lowest BCUT2D eigenvalue weighted by atomic mass is 10.1. The molecule has 6 rings (SSSR count). The smallest absolute Gasteiger partial charge is 0.144 e. The number of aryl methyl sites for hydroxylation is 1. The first-order chi connectivity index (χ1) is 13.3. The van der Waals surface area contributed by atoms with Crippen molar-refractivity contribution in [1.29, 1.82) is 0 Å². The van der Waals surface area contributed by atoms with Gasteiger partial charge in [0.1, 0.15) is 11.2 Å². The molecule has 3 heterocycles. The van der Waals surface area contributed by atoms with Gasteiger partial charge in [-0.3, -0.25) is 4.98 Å². The fraction of sp³-hybridized carbons (Fsp3) is 0.0417. The number of nitrogens with zero attached hydrogens (tertiary/aromatic N) is 1. The molecule has 0 radical (unpaired) electrons. The predicted octanol–water partition coefficient (Wildman–Crippen LogP) is 7.32. The van der Waals surface area contributed by atoms with E-state index in [1.807, 2.05) is 35.7 Å². The molecule has 0 fully saturated rings. The van der Waals surface area contributed by atoms with E-state index in [1.54, 1.807) is 0 Å². The van der Waals surface area contributed by atoms with E-state index in [0.29, 0.717) is 0 Å². The van der Waals surface area contributed by atoms with Crippen molar-refractivity contribution in [2.75, 3.05) is 0 Å². The van der Waals surface area contributed by atoms with Crippen LogP contribution in [0.3, 0.4) is 0 Å². The van der Waals surface area contributed by atoms with E-state index >= 15 is 0 Å². The van der Waals surface area contributed by atoms with Crippen molar-refractivity contribution >= 4 is 53.4 Å². The number of benzene rings is 3. The summed E-state index contributed by atoms with van der Waals surface area (Å²) < 4.78 is 8.79. The van der Waals surface area contributed by atoms with Crippen molar-refractivity contribution in [2.45, 2.75) is 6.92 Å². The minimum absolute atomic E-state index is 0.905. The number of pyridine rings is 1. The Bertz CT molecular complexity index is 1490.